The molecule has 1 aromatic heterocycles. The van der Waals surface area contributed by atoms with Gasteiger partial charge >= 0.3 is 5.97 Å². The zero-order valence-electron chi connectivity index (χ0n) is 21.7. The number of ether oxygens (including phenoxy) is 1. The molecule has 0 aliphatic heterocycles. The predicted octanol–water partition coefficient (Wildman–Crippen LogP) is 2.81. The first-order valence-electron chi connectivity index (χ1n) is 12.9. The number of hydrogen-bond acceptors (Lipinski definition) is 7. The Kier molecular flexibility index (Phi) is 9.92. The van der Waals surface area contributed by atoms with E-state index in [1.807, 2.05) is 24.3 Å². The molecule has 0 saturated heterocycles. The first-order valence-corrected chi connectivity index (χ1v) is 12.9. The maximum absolute atomic E-state index is 13.3. The minimum atomic E-state index is -1.13. The molecule has 0 fully saturated rings. The zero-order valence-corrected chi connectivity index (χ0v) is 21.7. The van der Waals surface area contributed by atoms with Crippen molar-refractivity contribution in [2.45, 2.75) is 31.7 Å². The van der Waals surface area contributed by atoms with Crippen molar-refractivity contribution < 1.29 is 24.2 Å². The molecule has 0 radical (unpaired) electrons. The summed E-state index contributed by atoms with van der Waals surface area (Å²) < 4.78 is 5.39. The Hall–Kier alpha value is -5.06. The summed E-state index contributed by atoms with van der Waals surface area (Å²) in [4.78, 5) is 37.2. The number of H-pyrrole nitrogens is 1. The molecule has 0 unspecified atom stereocenters. The number of aryl methyl sites for hydroxylation is 1. The van der Waals surface area contributed by atoms with Gasteiger partial charge in [0.25, 0.3) is 5.91 Å². The molecule has 4 aromatic rings. The third-order valence-corrected chi connectivity index (χ3v) is 6.11. The van der Waals surface area contributed by atoms with Gasteiger partial charge in [-0.05, 0) is 59.9 Å². The van der Waals surface area contributed by atoms with Crippen molar-refractivity contribution in [3.05, 3.63) is 95.6 Å². The van der Waals surface area contributed by atoms with Gasteiger partial charge in [0.05, 0.1) is 5.56 Å². The van der Waals surface area contributed by atoms with Crippen LogP contribution >= 0.6 is 0 Å². The van der Waals surface area contributed by atoms with Crippen LogP contribution in [0, 0.1) is 0 Å². The topological polar surface area (TPSA) is 159 Å². The van der Waals surface area contributed by atoms with Crippen LogP contribution in [0.4, 0.5) is 0 Å². The molecule has 11 heteroatoms. The van der Waals surface area contributed by atoms with Crippen LogP contribution in [0.2, 0.25) is 0 Å². The van der Waals surface area contributed by atoms with E-state index in [1.165, 1.54) is 5.56 Å². The van der Waals surface area contributed by atoms with Crippen LogP contribution in [0.1, 0.15) is 34.3 Å². The van der Waals surface area contributed by atoms with Crippen molar-refractivity contribution in [3.8, 4) is 17.1 Å². The molecule has 0 aliphatic carbocycles. The fourth-order valence-electron chi connectivity index (χ4n) is 4.13. The highest BCUT2D eigenvalue weighted by Crippen LogP contribution is 2.29. The number of aromatic amines is 1. The standard InChI is InChI=1S/C29H30N6O5/c36-26(37)19-40-25-15-14-21(17-23(25)27-32-34-35-33-27)18-24(31-28(38)22-12-5-2-6-13-22)29(39)30-16-8-7-11-20-9-3-1-4-10-20/h1-6,9-10,12-15,17,24H,7-8,11,16,18-19H2,(H,30,39)(H,31,38)(H,36,37)(H,32,33,34,35)/t24-/m0/s1. The predicted molar refractivity (Wildman–Crippen MR) is 147 cm³/mol. The quantitative estimate of drug-likeness (QED) is 0.177. The molecular formula is C29H30N6O5. The Morgan fingerprint density at radius 1 is 0.925 bits per heavy atom. The SMILES string of the molecule is O=C(O)COc1ccc(C[C@H](NC(=O)c2ccccc2)C(=O)NCCCCc2ccccc2)cc1-c1nn[nH]n1. The van der Waals surface area contributed by atoms with Crippen molar-refractivity contribution in [2.24, 2.45) is 0 Å². The summed E-state index contributed by atoms with van der Waals surface area (Å²) in [5.41, 5.74) is 2.77. The molecule has 4 rings (SSSR count). The Morgan fingerprint density at radius 3 is 2.38 bits per heavy atom. The fourth-order valence-corrected chi connectivity index (χ4v) is 4.13. The molecule has 0 aliphatic rings. The van der Waals surface area contributed by atoms with Gasteiger partial charge in [0.1, 0.15) is 11.8 Å². The maximum atomic E-state index is 13.3. The Morgan fingerprint density at radius 2 is 1.68 bits per heavy atom. The van der Waals surface area contributed by atoms with Crippen molar-refractivity contribution in [2.75, 3.05) is 13.2 Å². The first-order chi connectivity index (χ1) is 19.5. The third kappa shape index (κ3) is 8.22. The molecule has 0 bridgehead atoms. The lowest BCUT2D eigenvalue weighted by atomic mass is 10.0. The summed E-state index contributed by atoms with van der Waals surface area (Å²) in [6.45, 7) is -0.0773. The van der Waals surface area contributed by atoms with Crippen molar-refractivity contribution in [3.63, 3.8) is 0 Å². The van der Waals surface area contributed by atoms with Crippen LogP contribution in [0.3, 0.4) is 0 Å². The number of rotatable bonds is 14. The molecule has 1 heterocycles. The van der Waals surface area contributed by atoms with Crippen LogP contribution in [0.25, 0.3) is 11.4 Å². The minimum absolute atomic E-state index is 0.165. The smallest absolute Gasteiger partial charge is 0.341 e. The number of benzene rings is 3. The number of carbonyl (C=O) groups is 3. The Balaban J connectivity index is 1.46. The Bertz CT molecular complexity index is 1400. The van der Waals surface area contributed by atoms with E-state index < -0.39 is 18.6 Å². The van der Waals surface area contributed by atoms with Crippen LogP contribution in [-0.2, 0) is 22.4 Å². The fraction of sp³-hybridized carbons (Fsp3) is 0.241. The monoisotopic (exact) mass is 542 g/mol. The molecule has 4 N–H and O–H groups in total. The molecule has 40 heavy (non-hydrogen) atoms. The summed E-state index contributed by atoms with van der Waals surface area (Å²) in [5.74, 6) is -1.36. The van der Waals surface area contributed by atoms with E-state index in [-0.39, 0.29) is 29.8 Å². The molecule has 2 amide bonds. The number of amides is 2. The third-order valence-electron chi connectivity index (χ3n) is 6.11. The van der Waals surface area contributed by atoms with Crippen LogP contribution in [0.15, 0.2) is 78.9 Å². The second-order valence-electron chi connectivity index (χ2n) is 9.08. The highest BCUT2D eigenvalue weighted by molar-refractivity contribution is 5.97. The van der Waals surface area contributed by atoms with Crippen LogP contribution in [0.5, 0.6) is 5.75 Å². The lowest BCUT2D eigenvalue weighted by Gasteiger charge is -2.19. The van der Waals surface area contributed by atoms with E-state index in [9.17, 15) is 14.4 Å². The number of carbonyl (C=O) groups excluding carboxylic acids is 2. The summed E-state index contributed by atoms with van der Waals surface area (Å²) in [5, 5.41) is 28.7. The van der Waals surface area contributed by atoms with Crippen LogP contribution < -0.4 is 15.4 Å². The number of aliphatic carboxylic acids is 1. The van der Waals surface area contributed by atoms with Gasteiger partial charge in [0, 0.05) is 18.5 Å². The molecular weight excluding hydrogens is 512 g/mol. The van der Waals surface area contributed by atoms with Gasteiger partial charge in [-0.2, -0.15) is 5.21 Å². The maximum Gasteiger partial charge on any atom is 0.341 e. The van der Waals surface area contributed by atoms with Gasteiger partial charge in [0.2, 0.25) is 11.7 Å². The van der Waals surface area contributed by atoms with E-state index >= 15 is 0 Å². The highest BCUT2D eigenvalue weighted by atomic mass is 16.5. The molecule has 3 aromatic carbocycles. The van der Waals surface area contributed by atoms with E-state index in [2.05, 4.69) is 43.4 Å². The number of carboxylic acid groups (broad SMARTS) is 1. The first kappa shape index (κ1) is 28.0. The number of tetrazole rings is 1. The van der Waals surface area contributed by atoms with E-state index in [0.29, 0.717) is 23.2 Å². The lowest BCUT2D eigenvalue weighted by Crippen LogP contribution is -2.48. The van der Waals surface area contributed by atoms with Crippen LogP contribution in [-0.4, -0.2) is 62.7 Å². The molecule has 1 atom stereocenters. The second kappa shape index (κ2) is 14.2. The number of carboxylic acids is 1. The van der Waals surface area contributed by atoms with Gasteiger partial charge in [0.15, 0.2) is 6.61 Å². The Labute approximate surface area is 231 Å². The molecule has 11 nitrogen and oxygen atoms in total. The molecule has 206 valence electrons. The van der Waals surface area contributed by atoms with E-state index in [4.69, 9.17) is 9.84 Å². The highest BCUT2D eigenvalue weighted by Gasteiger charge is 2.23. The number of aromatic nitrogens is 4. The van der Waals surface area contributed by atoms with Crippen molar-refractivity contribution in [1.29, 1.82) is 0 Å². The summed E-state index contributed by atoms with van der Waals surface area (Å²) in [7, 11) is 0. The van der Waals surface area contributed by atoms with Gasteiger partial charge in [-0.25, -0.2) is 4.79 Å². The average molecular weight is 543 g/mol. The number of hydrogen-bond donors (Lipinski definition) is 4. The largest absolute Gasteiger partial charge is 0.481 e. The zero-order chi connectivity index (χ0) is 28.2. The molecule has 0 saturated carbocycles. The van der Waals surface area contributed by atoms with Crippen molar-refractivity contribution in [1.82, 2.24) is 31.3 Å². The number of nitrogens with one attached hydrogen (secondary N) is 3. The van der Waals surface area contributed by atoms with Gasteiger partial charge < -0.3 is 20.5 Å². The van der Waals surface area contributed by atoms with Gasteiger partial charge in [-0.3, -0.25) is 9.59 Å². The summed E-state index contributed by atoms with van der Waals surface area (Å²) >= 11 is 0. The van der Waals surface area contributed by atoms with Crippen molar-refractivity contribution >= 4 is 17.8 Å². The normalized spacial score (nSPS) is 11.4. The number of nitrogens with zero attached hydrogens (tertiary/aromatic N) is 3. The van der Waals surface area contributed by atoms with E-state index in [1.54, 1.807) is 42.5 Å². The van der Waals surface area contributed by atoms with Gasteiger partial charge in [-0.15, -0.1) is 10.2 Å². The second-order valence-corrected chi connectivity index (χ2v) is 9.08. The summed E-state index contributed by atoms with van der Waals surface area (Å²) in [6, 6.07) is 22.9. The number of unbranched alkanes of at least 4 members (excludes halogenated alkanes) is 1. The minimum Gasteiger partial charge on any atom is -0.481 e. The summed E-state index contributed by atoms with van der Waals surface area (Å²) in [6.07, 6.45) is 2.79. The lowest BCUT2D eigenvalue weighted by molar-refractivity contribution is -0.139. The molecule has 0 spiro atoms. The van der Waals surface area contributed by atoms with E-state index in [0.717, 1.165) is 19.3 Å². The average Bonchev–Trinajstić information content (AvgIpc) is 3.52. The van der Waals surface area contributed by atoms with Gasteiger partial charge in [-0.1, -0.05) is 54.6 Å².